The number of hydrogen-bond donors (Lipinski definition) is 0. The SMILES string of the molecule is Cc1ccc(CCc2nnc3c(C)c(C)c(Cl)nn23)cc1. The first-order valence-corrected chi connectivity index (χ1v) is 7.36. The molecule has 2 aromatic heterocycles. The third-order valence-electron chi connectivity index (χ3n) is 3.86. The van der Waals surface area contributed by atoms with Crippen LogP contribution in [0.4, 0.5) is 0 Å². The summed E-state index contributed by atoms with van der Waals surface area (Å²) in [6.45, 7) is 6.04. The van der Waals surface area contributed by atoms with Crippen molar-refractivity contribution >= 4 is 17.2 Å². The summed E-state index contributed by atoms with van der Waals surface area (Å²) in [6, 6.07) is 8.54. The number of hydrogen-bond acceptors (Lipinski definition) is 3. The van der Waals surface area contributed by atoms with E-state index in [1.54, 1.807) is 4.52 Å². The second kappa shape index (κ2) is 5.45. The Morgan fingerprint density at radius 3 is 2.38 bits per heavy atom. The van der Waals surface area contributed by atoms with Gasteiger partial charge in [0.1, 0.15) is 0 Å². The third-order valence-corrected chi connectivity index (χ3v) is 4.22. The fraction of sp³-hybridized carbons (Fsp3) is 0.312. The summed E-state index contributed by atoms with van der Waals surface area (Å²) in [5.74, 6) is 0.843. The number of aromatic nitrogens is 4. The smallest absolute Gasteiger partial charge is 0.181 e. The predicted molar refractivity (Wildman–Crippen MR) is 83.9 cm³/mol. The Hall–Kier alpha value is -1.94. The quantitative estimate of drug-likeness (QED) is 0.743. The maximum absolute atomic E-state index is 6.17. The van der Waals surface area contributed by atoms with E-state index in [0.717, 1.165) is 35.4 Å². The van der Waals surface area contributed by atoms with Gasteiger partial charge >= 0.3 is 0 Å². The maximum Gasteiger partial charge on any atom is 0.181 e. The van der Waals surface area contributed by atoms with Crippen LogP contribution < -0.4 is 0 Å². The van der Waals surface area contributed by atoms with Crippen LogP contribution >= 0.6 is 11.6 Å². The van der Waals surface area contributed by atoms with E-state index < -0.39 is 0 Å². The van der Waals surface area contributed by atoms with Gasteiger partial charge in [-0.15, -0.1) is 10.2 Å². The highest BCUT2D eigenvalue weighted by molar-refractivity contribution is 6.30. The molecule has 4 nitrogen and oxygen atoms in total. The van der Waals surface area contributed by atoms with Gasteiger partial charge in [0.05, 0.1) is 0 Å². The van der Waals surface area contributed by atoms with Crippen LogP contribution in [0.25, 0.3) is 5.65 Å². The van der Waals surface area contributed by atoms with E-state index in [1.807, 2.05) is 13.8 Å². The average molecular weight is 301 g/mol. The van der Waals surface area contributed by atoms with E-state index in [4.69, 9.17) is 11.6 Å². The Balaban J connectivity index is 1.89. The van der Waals surface area contributed by atoms with Gasteiger partial charge in [0.25, 0.3) is 0 Å². The number of rotatable bonds is 3. The van der Waals surface area contributed by atoms with Crippen molar-refractivity contribution in [1.29, 1.82) is 0 Å². The minimum absolute atomic E-state index is 0.511. The van der Waals surface area contributed by atoms with Crippen molar-refractivity contribution in [1.82, 2.24) is 19.8 Å². The van der Waals surface area contributed by atoms with Crippen LogP contribution in [0.15, 0.2) is 24.3 Å². The molecular weight excluding hydrogens is 284 g/mol. The molecule has 0 fully saturated rings. The molecule has 0 saturated carbocycles. The van der Waals surface area contributed by atoms with Crippen molar-refractivity contribution < 1.29 is 0 Å². The summed E-state index contributed by atoms with van der Waals surface area (Å²) in [5.41, 5.74) is 5.33. The lowest BCUT2D eigenvalue weighted by Crippen LogP contribution is -2.04. The number of nitrogens with zero attached hydrogens (tertiary/aromatic N) is 4. The molecule has 5 heteroatoms. The Kier molecular flexibility index (Phi) is 3.64. The van der Waals surface area contributed by atoms with Crippen LogP contribution in [0.1, 0.15) is 28.1 Å². The standard InChI is InChI=1S/C16H17ClN4/c1-10-4-6-13(7-5-10)8-9-14-18-19-16-12(3)11(2)15(17)20-21(14)16/h4-7H,8-9H2,1-3H3. The zero-order valence-corrected chi connectivity index (χ0v) is 13.1. The largest absolute Gasteiger partial charge is 0.196 e. The summed E-state index contributed by atoms with van der Waals surface area (Å²) in [4.78, 5) is 0. The van der Waals surface area contributed by atoms with E-state index in [9.17, 15) is 0 Å². The summed E-state index contributed by atoms with van der Waals surface area (Å²) in [6.07, 6.45) is 1.70. The van der Waals surface area contributed by atoms with Crippen LogP contribution in [-0.2, 0) is 12.8 Å². The topological polar surface area (TPSA) is 43.1 Å². The first kappa shape index (κ1) is 14.0. The van der Waals surface area contributed by atoms with Crippen LogP contribution in [0.2, 0.25) is 5.15 Å². The summed E-state index contributed by atoms with van der Waals surface area (Å²) in [5, 5.41) is 13.4. The number of benzene rings is 1. The minimum atomic E-state index is 0.511. The Morgan fingerprint density at radius 1 is 0.952 bits per heavy atom. The number of fused-ring (bicyclic) bond motifs is 1. The van der Waals surface area contributed by atoms with Crippen molar-refractivity contribution in [3.63, 3.8) is 0 Å². The van der Waals surface area contributed by atoms with Crippen molar-refractivity contribution in [3.05, 3.63) is 57.5 Å². The van der Waals surface area contributed by atoms with Gasteiger partial charge in [-0.3, -0.25) is 0 Å². The summed E-state index contributed by atoms with van der Waals surface area (Å²) in [7, 11) is 0. The van der Waals surface area contributed by atoms with E-state index in [-0.39, 0.29) is 0 Å². The Bertz CT molecular complexity index is 790. The molecule has 0 aliphatic carbocycles. The molecule has 21 heavy (non-hydrogen) atoms. The highest BCUT2D eigenvalue weighted by atomic mass is 35.5. The molecule has 0 amide bonds. The van der Waals surface area contributed by atoms with E-state index in [0.29, 0.717) is 5.15 Å². The van der Waals surface area contributed by atoms with Crippen molar-refractivity contribution in [3.8, 4) is 0 Å². The molecule has 0 unspecified atom stereocenters. The number of aryl methyl sites for hydroxylation is 4. The monoisotopic (exact) mass is 300 g/mol. The molecule has 3 rings (SSSR count). The van der Waals surface area contributed by atoms with Gasteiger partial charge in [0, 0.05) is 12.0 Å². The van der Waals surface area contributed by atoms with Gasteiger partial charge in [-0.1, -0.05) is 41.4 Å². The van der Waals surface area contributed by atoms with Crippen LogP contribution in [0.5, 0.6) is 0 Å². The first-order chi connectivity index (χ1) is 10.1. The van der Waals surface area contributed by atoms with E-state index in [2.05, 4.69) is 46.5 Å². The van der Waals surface area contributed by atoms with Crippen molar-refractivity contribution in [2.45, 2.75) is 33.6 Å². The maximum atomic E-state index is 6.17. The molecule has 3 aromatic rings. The predicted octanol–water partition coefficient (Wildman–Crippen LogP) is 3.49. The lowest BCUT2D eigenvalue weighted by Gasteiger charge is -2.05. The van der Waals surface area contributed by atoms with Crippen LogP contribution in [-0.4, -0.2) is 19.8 Å². The summed E-state index contributed by atoms with van der Waals surface area (Å²) >= 11 is 6.17. The zero-order valence-electron chi connectivity index (χ0n) is 12.4. The van der Waals surface area contributed by atoms with Crippen molar-refractivity contribution in [2.24, 2.45) is 0 Å². The average Bonchev–Trinajstić information content (AvgIpc) is 2.87. The molecular formula is C16H17ClN4. The first-order valence-electron chi connectivity index (χ1n) is 6.99. The van der Waals surface area contributed by atoms with Crippen LogP contribution in [0, 0.1) is 20.8 Å². The second-order valence-corrected chi connectivity index (χ2v) is 5.74. The van der Waals surface area contributed by atoms with E-state index in [1.165, 1.54) is 11.1 Å². The fourth-order valence-corrected chi connectivity index (χ4v) is 2.52. The van der Waals surface area contributed by atoms with E-state index >= 15 is 0 Å². The Labute approximate surface area is 128 Å². The fourth-order valence-electron chi connectivity index (χ4n) is 2.30. The van der Waals surface area contributed by atoms with Gasteiger partial charge in [-0.25, -0.2) is 0 Å². The third kappa shape index (κ3) is 2.63. The lowest BCUT2D eigenvalue weighted by molar-refractivity contribution is 0.780. The molecule has 0 bridgehead atoms. The molecule has 0 aliphatic rings. The minimum Gasteiger partial charge on any atom is -0.196 e. The number of halogens is 1. The van der Waals surface area contributed by atoms with Gasteiger partial charge < -0.3 is 0 Å². The lowest BCUT2D eigenvalue weighted by atomic mass is 10.1. The molecule has 0 aliphatic heterocycles. The van der Waals surface area contributed by atoms with Gasteiger partial charge in [0.2, 0.25) is 0 Å². The highest BCUT2D eigenvalue weighted by Crippen LogP contribution is 2.20. The molecule has 0 N–H and O–H groups in total. The molecule has 0 atom stereocenters. The normalized spacial score (nSPS) is 11.2. The summed E-state index contributed by atoms with van der Waals surface area (Å²) < 4.78 is 1.76. The Morgan fingerprint density at radius 2 is 1.67 bits per heavy atom. The molecule has 108 valence electrons. The van der Waals surface area contributed by atoms with Gasteiger partial charge in [0.15, 0.2) is 16.6 Å². The molecule has 0 saturated heterocycles. The van der Waals surface area contributed by atoms with Gasteiger partial charge in [-0.2, -0.15) is 9.61 Å². The zero-order chi connectivity index (χ0) is 15.0. The van der Waals surface area contributed by atoms with Crippen LogP contribution in [0.3, 0.4) is 0 Å². The molecule has 1 aromatic carbocycles. The molecule has 0 spiro atoms. The van der Waals surface area contributed by atoms with Crippen molar-refractivity contribution in [2.75, 3.05) is 0 Å². The molecule has 0 radical (unpaired) electrons. The molecule has 2 heterocycles. The second-order valence-electron chi connectivity index (χ2n) is 5.38. The van der Waals surface area contributed by atoms with Gasteiger partial charge in [-0.05, 0) is 38.3 Å². The highest BCUT2D eigenvalue weighted by Gasteiger charge is 2.13.